The van der Waals surface area contributed by atoms with Gasteiger partial charge in [-0.2, -0.15) is 8.78 Å². The topological polar surface area (TPSA) is 71.1 Å². The first-order valence-electron chi connectivity index (χ1n) is 8.30. The number of aryl methyl sites for hydroxylation is 1. The van der Waals surface area contributed by atoms with Crippen LogP contribution in [0.3, 0.4) is 0 Å². The van der Waals surface area contributed by atoms with Crippen LogP contribution in [0.15, 0.2) is 36.4 Å². The number of alkyl halides is 3. The zero-order valence-electron chi connectivity index (χ0n) is 15.1. The van der Waals surface area contributed by atoms with Gasteiger partial charge in [-0.05, 0) is 30.7 Å². The molecule has 0 aliphatic rings. The molecule has 1 aromatic heterocycles. The molecule has 0 saturated heterocycles. The molecule has 0 spiro atoms. The van der Waals surface area contributed by atoms with Crippen LogP contribution in [0.5, 0.6) is 0 Å². The van der Waals surface area contributed by atoms with Crippen molar-refractivity contribution in [3.63, 3.8) is 0 Å². The van der Waals surface area contributed by atoms with Crippen LogP contribution in [0.25, 0.3) is 0 Å². The number of hydrogen-bond donors (Lipinski definition) is 2. The number of amides is 2. The number of benzene rings is 1. The summed E-state index contributed by atoms with van der Waals surface area (Å²) in [7, 11) is 0. The third kappa shape index (κ3) is 6.23. The fourth-order valence-corrected chi connectivity index (χ4v) is 2.61. The third-order valence-electron chi connectivity index (χ3n) is 3.70. The van der Waals surface area contributed by atoms with E-state index in [1.54, 1.807) is 32.9 Å². The molecule has 0 fully saturated rings. The molecular weight excluding hydrogens is 467 g/mol. The summed E-state index contributed by atoms with van der Waals surface area (Å²) in [6.45, 7) is 5.33. The van der Waals surface area contributed by atoms with E-state index in [1.807, 2.05) is 0 Å². The van der Waals surface area contributed by atoms with Gasteiger partial charge >= 0.3 is 3.93 Å². The Bertz CT molecular complexity index is 851. The van der Waals surface area contributed by atoms with E-state index in [0.717, 1.165) is 22.6 Å². The molecule has 144 valence electrons. The molecule has 0 aliphatic carbocycles. The van der Waals surface area contributed by atoms with Crippen molar-refractivity contribution in [2.24, 2.45) is 5.92 Å². The Balaban J connectivity index is 2.10. The lowest BCUT2D eigenvalue weighted by atomic mass is 10.1. The highest BCUT2D eigenvalue weighted by atomic mass is 127. The maximum absolute atomic E-state index is 13.4. The molecule has 8 heteroatoms. The minimum absolute atomic E-state index is 0.106. The average molecular weight is 487 g/mol. The summed E-state index contributed by atoms with van der Waals surface area (Å²) < 4.78 is 23.8. The highest BCUT2D eigenvalue weighted by molar-refractivity contribution is 14.1. The van der Waals surface area contributed by atoms with Crippen LogP contribution in [0.1, 0.15) is 41.0 Å². The number of nitrogens with zero attached hydrogens (tertiary/aromatic N) is 1. The Morgan fingerprint density at radius 2 is 1.93 bits per heavy atom. The lowest BCUT2D eigenvalue weighted by Crippen LogP contribution is -2.24. The van der Waals surface area contributed by atoms with Crippen molar-refractivity contribution in [1.82, 2.24) is 10.3 Å². The van der Waals surface area contributed by atoms with Crippen molar-refractivity contribution in [2.45, 2.75) is 31.2 Å². The van der Waals surface area contributed by atoms with Crippen LogP contribution in [-0.2, 0) is 15.3 Å². The number of anilines is 1. The standard InChI is InChI=1S/C19H20F2IN3O2/c1-11(2)17(26)25-16-9-14(7-12(3)24-16)18(27)23-10-13-5-4-6-15(8-13)19(20,21)22/h4-9,11H,10H2,1-3H3,(H,23,27)(H,24,25,26). The summed E-state index contributed by atoms with van der Waals surface area (Å²) in [5.41, 5.74) is 1.36. The number of pyridine rings is 1. The summed E-state index contributed by atoms with van der Waals surface area (Å²) in [6.07, 6.45) is 0. The zero-order valence-corrected chi connectivity index (χ0v) is 17.3. The van der Waals surface area contributed by atoms with Gasteiger partial charge in [0.25, 0.3) is 5.91 Å². The van der Waals surface area contributed by atoms with Crippen molar-refractivity contribution >= 4 is 40.2 Å². The molecule has 2 rings (SSSR count). The summed E-state index contributed by atoms with van der Waals surface area (Å²) in [6, 6.07) is 8.97. The molecule has 0 atom stereocenters. The summed E-state index contributed by atoms with van der Waals surface area (Å²) >= 11 is 1.07. The Hall–Kier alpha value is -2.10. The Morgan fingerprint density at radius 3 is 2.56 bits per heavy atom. The number of hydrogen-bond acceptors (Lipinski definition) is 3. The Kier molecular flexibility index (Phi) is 6.85. The molecule has 0 radical (unpaired) electrons. The van der Waals surface area contributed by atoms with Gasteiger partial charge in [-0.15, -0.1) is 0 Å². The Labute approximate surface area is 170 Å². The highest BCUT2D eigenvalue weighted by Crippen LogP contribution is 2.35. The van der Waals surface area contributed by atoms with E-state index in [4.69, 9.17) is 0 Å². The molecule has 1 heterocycles. The first-order chi connectivity index (χ1) is 12.6. The van der Waals surface area contributed by atoms with E-state index < -0.39 is 3.93 Å². The highest BCUT2D eigenvalue weighted by Gasteiger charge is 2.26. The Morgan fingerprint density at radius 1 is 1.22 bits per heavy atom. The van der Waals surface area contributed by atoms with Gasteiger partial charge in [-0.1, -0.05) is 32.0 Å². The lowest BCUT2D eigenvalue weighted by molar-refractivity contribution is -0.118. The minimum atomic E-state index is -2.97. The third-order valence-corrected chi connectivity index (χ3v) is 4.32. The number of aromatic nitrogens is 1. The fourth-order valence-electron chi connectivity index (χ4n) is 2.28. The van der Waals surface area contributed by atoms with Crippen LogP contribution >= 0.6 is 22.6 Å². The van der Waals surface area contributed by atoms with E-state index in [2.05, 4.69) is 15.6 Å². The van der Waals surface area contributed by atoms with E-state index in [9.17, 15) is 18.4 Å². The number of carbonyl (C=O) groups excluding carboxylic acids is 2. The molecule has 5 nitrogen and oxygen atoms in total. The SMILES string of the molecule is Cc1cc(C(=O)NCc2cccc(C(F)(F)I)c2)cc(NC(=O)C(C)C)n1. The molecule has 0 saturated carbocycles. The van der Waals surface area contributed by atoms with Gasteiger partial charge in [-0.3, -0.25) is 9.59 Å². The number of nitrogens with one attached hydrogen (secondary N) is 2. The van der Waals surface area contributed by atoms with Crippen molar-refractivity contribution in [1.29, 1.82) is 0 Å². The van der Waals surface area contributed by atoms with Gasteiger partial charge in [-0.25, -0.2) is 4.98 Å². The molecule has 1 aromatic carbocycles. The van der Waals surface area contributed by atoms with Crippen molar-refractivity contribution < 1.29 is 18.4 Å². The van der Waals surface area contributed by atoms with E-state index in [1.165, 1.54) is 24.3 Å². The maximum atomic E-state index is 13.4. The van der Waals surface area contributed by atoms with Gasteiger partial charge in [0.15, 0.2) is 0 Å². The fraction of sp³-hybridized carbons (Fsp3) is 0.316. The smallest absolute Gasteiger partial charge is 0.321 e. The van der Waals surface area contributed by atoms with Gasteiger partial charge in [0.1, 0.15) is 5.82 Å². The normalized spacial score (nSPS) is 11.4. The molecule has 0 unspecified atom stereocenters. The van der Waals surface area contributed by atoms with E-state index in [-0.39, 0.29) is 29.8 Å². The van der Waals surface area contributed by atoms with Crippen LogP contribution in [0.4, 0.5) is 14.6 Å². The second-order valence-corrected chi connectivity index (χ2v) is 7.76. The van der Waals surface area contributed by atoms with Gasteiger partial charge < -0.3 is 10.6 Å². The van der Waals surface area contributed by atoms with E-state index >= 15 is 0 Å². The van der Waals surface area contributed by atoms with E-state index in [0.29, 0.717) is 22.6 Å². The number of carbonyl (C=O) groups is 2. The van der Waals surface area contributed by atoms with Crippen LogP contribution < -0.4 is 10.6 Å². The monoisotopic (exact) mass is 487 g/mol. The first kappa shape index (κ1) is 21.2. The van der Waals surface area contributed by atoms with Crippen molar-refractivity contribution in [3.05, 3.63) is 58.8 Å². The van der Waals surface area contributed by atoms with Crippen molar-refractivity contribution in [3.8, 4) is 0 Å². The predicted octanol–water partition coefficient (Wildman–Crippen LogP) is 4.40. The molecular formula is C19H20F2IN3O2. The molecule has 2 N–H and O–H groups in total. The molecule has 2 aromatic rings. The largest absolute Gasteiger partial charge is 0.348 e. The van der Waals surface area contributed by atoms with Crippen LogP contribution in [-0.4, -0.2) is 16.8 Å². The number of halogens is 3. The molecule has 0 aliphatic heterocycles. The molecule has 2 amide bonds. The van der Waals surface area contributed by atoms with Crippen LogP contribution in [0.2, 0.25) is 0 Å². The summed E-state index contributed by atoms with van der Waals surface area (Å²) in [5.74, 6) is -0.499. The lowest BCUT2D eigenvalue weighted by Gasteiger charge is -2.12. The summed E-state index contributed by atoms with van der Waals surface area (Å²) in [4.78, 5) is 28.4. The summed E-state index contributed by atoms with van der Waals surface area (Å²) in [5, 5.41) is 5.36. The van der Waals surface area contributed by atoms with Gasteiger partial charge in [0, 0.05) is 51.9 Å². The first-order valence-corrected chi connectivity index (χ1v) is 9.38. The van der Waals surface area contributed by atoms with Gasteiger partial charge in [0.05, 0.1) is 0 Å². The minimum Gasteiger partial charge on any atom is -0.348 e. The quantitative estimate of drug-likeness (QED) is 0.469. The average Bonchev–Trinajstić information content (AvgIpc) is 2.58. The van der Waals surface area contributed by atoms with Gasteiger partial charge in [0.2, 0.25) is 5.91 Å². The second kappa shape index (κ2) is 8.73. The maximum Gasteiger partial charge on any atom is 0.321 e. The molecule has 0 bridgehead atoms. The predicted molar refractivity (Wildman–Crippen MR) is 108 cm³/mol. The number of rotatable bonds is 6. The van der Waals surface area contributed by atoms with Crippen LogP contribution in [0, 0.1) is 12.8 Å². The zero-order chi connectivity index (χ0) is 20.2. The second-order valence-electron chi connectivity index (χ2n) is 6.41. The molecule has 27 heavy (non-hydrogen) atoms. The van der Waals surface area contributed by atoms with Crippen molar-refractivity contribution in [2.75, 3.05) is 5.32 Å².